The minimum absolute atomic E-state index is 0.267. The molecule has 0 aliphatic carbocycles. The molecule has 0 fully saturated rings. The molecule has 2 aromatic rings. The van der Waals surface area contributed by atoms with Gasteiger partial charge < -0.3 is 14.6 Å². The predicted molar refractivity (Wildman–Crippen MR) is 89.7 cm³/mol. The lowest BCUT2D eigenvalue weighted by Crippen LogP contribution is -2.35. The molecular weight excluding hydrogens is 260 g/mol. The van der Waals surface area contributed by atoms with E-state index in [1.807, 2.05) is 12.1 Å². The summed E-state index contributed by atoms with van der Waals surface area (Å²) in [5.74, 6) is 1.05. The van der Waals surface area contributed by atoms with Crippen LogP contribution < -0.4 is 5.32 Å². The fraction of sp³-hybridized carbons (Fsp3) is 0.556. The summed E-state index contributed by atoms with van der Waals surface area (Å²) >= 11 is 0. The number of fused-ring (bicyclic) bond motifs is 1. The average molecular weight is 288 g/mol. The van der Waals surface area contributed by atoms with Crippen LogP contribution in [0.5, 0.6) is 0 Å². The number of furan rings is 1. The summed E-state index contributed by atoms with van der Waals surface area (Å²) in [5, 5.41) is 4.82. The molecule has 1 unspecified atom stereocenters. The summed E-state index contributed by atoms with van der Waals surface area (Å²) in [6, 6.07) is 10.7. The molecule has 1 aromatic carbocycles. The van der Waals surface area contributed by atoms with Gasteiger partial charge >= 0.3 is 0 Å². The van der Waals surface area contributed by atoms with Crippen molar-refractivity contribution in [3.8, 4) is 0 Å². The smallest absolute Gasteiger partial charge is 0.134 e. The van der Waals surface area contributed by atoms with Gasteiger partial charge in [-0.05, 0) is 44.6 Å². The number of nitrogens with zero attached hydrogens (tertiary/aromatic N) is 1. The molecule has 0 radical (unpaired) electrons. The zero-order valence-electron chi connectivity index (χ0n) is 13.6. The predicted octanol–water partition coefficient (Wildman–Crippen LogP) is 4.21. The summed E-state index contributed by atoms with van der Waals surface area (Å²) in [5.41, 5.74) is 0.981. The van der Waals surface area contributed by atoms with E-state index in [0.717, 1.165) is 43.9 Å². The Hall–Kier alpha value is -1.32. The molecule has 0 bridgehead atoms. The Morgan fingerprint density at radius 2 is 1.95 bits per heavy atom. The molecule has 2 rings (SSSR count). The van der Waals surface area contributed by atoms with Crippen LogP contribution in [0.3, 0.4) is 0 Å². The molecule has 3 nitrogen and oxygen atoms in total. The van der Waals surface area contributed by atoms with Crippen molar-refractivity contribution in [3.05, 3.63) is 36.1 Å². The molecule has 116 valence electrons. The number of rotatable bonds is 9. The van der Waals surface area contributed by atoms with E-state index in [0.29, 0.717) is 0 Å². The Kier molecular flexibility index (Phi) is 6.27. The molecule has 0 saturated heterocycles. The number of para-hydroxylation sites is 1. The number of benzene rings is 1. The molecule has 1 heterocycles. The number of likely N-dealkylation sites (N-methyl/N-ethyl adjacent to an activating group) is 1. The molecule has 0 aliphatic heterocycles. The van der Waals surface area contributed by atoms with Gasteiger partial charge in [-0.1, -0.05) is 39.0 Å². The van der Waals surface area contributed by atoms with Crippen molar-refractivity contribution in [2.45, 2.75) is 39.7 Å². The molecule has 3 heteroatoms. The maximum Gasteiger partial charge on any atom is 0.134 e. The van der Waals surface area contributed by atoms with Crippen LogP contribution in [-0.4, -0.2) is 31.1 Å². The Labute approximate surface area is 128 Å². The fourth-order valence-electron chi connectivity index (χ4n) is 2.70. The van der Waals surface area contributed by atoms with Gasteiger partial charge in [0.25, 0.3) is 0 Å². The van der Waals surface area contributed by atoms with Crippen molar-refractivity contribution in [3.63, 3.8) is 0 Å². The van der Waals surface area contributed by atoms with Crippen LogP contribution in [0.2, 0.25) is 0 Å². The zero-order valence-corrected chi connectivity index (χ0v) is 13.6. The highest BCUT2D eigenvalue weighted by Crippen LogP contribution is 2.24. The van der Waals surface area contributed by atoms with E-state index < -0.39 is 0 Å². The topological polar surface area (TPSA) is 28.4 Å². The monoisotopic (exact) mass is 288 g/mol. The van der Waals surface area contributed by atoms with Gasteiger partial charge in [0.2, 0.25) is 0 Å². The third kappa shape index (κ3) is 4.32. The first kappa shape index (κ1) is 16.1. The van der Waals surface area contributed by atoms with Crippen LogP contribution in [-0.2, 0) is 0 Å². The first-order valence-electron chi connectivity index (χ1n) is 8.22. The normalized spacial score (nSPS) is 13.1. The van der Waals surface area contributed by atoms with Crippen LogP contribution in [0.4, 0.5) is 0 Å². The zero-order chi connectivity index (χ0) is 15.1. The Morgan fingerprint density at radius 1 is 1.14 bits per heavy atom. The summed E-state index contributed by atoms with van der Waals surface area (Å²) in [4.78, 5) is 2.49. The Bertz CT molecular complexity index is 502. The lowest BCUT2D eigenvalue weighted by molar-refractivity contribution is 0.241. The van der Waals surface area contributed by atoms with Crippen molar-refractivity contribution in [2.75, 3.05) is 26.2 Å². The van der Waals surface area contributed by atoms with Crippen LogP contribution in [0, 0.1) is 0 Å². The molecule has 0 spiro atoms. The van der Waals surface area contributed by atoms with Crippen molar-refractivity contribution in [1.82, 2.24) is 10.2 Å². The van der Waals surface area contributed by atoms with Crippen LogP contribution in [0.15, 0.2) is 34.7 Å². The SMILES string of the molecule is CCCNC(CN(CC)CCC)c1cc2ccccc2o1. The summed E-state index contributed by atoms with van der Waals surface area (Å²) < 4.78 is 6.06. The number of nitrogens with one attached hydrogen (secondary N) is 1. The van der Waals surface area contributed by atoms with Gasteiger partial charge in [0, 0.05) is 11.9 Å². The lowest BCUT2D eigenvalue weighted by atomic mass is 10.1. The standard InChI is InChI=1S/C18H28N2O/c1-4-11-19-16(14-20(6-3)12-5-2)18-13-15-9-7-8-10-17(15)21-18/h7-10,13,16,19H,4-6,11-12,14H2,1-3H3. The second-order valence-corrected chi connectivity index (χ2v) is 5.59. The molecule has 21 heavy (non-hydrogen) atoms. The lowest BCUT2D eigenvalue weighted by Gasteiger charge is -2.25. The van der Waals surface area contributed by atoms with Crippen LogP contribution in [0.1, 0.15) is 45.4 Å². The molecule has 1 aromatic heterocycles. The largest absolute Gasteiger partial charge is 0.459 e. The van der Waals surface area contributed by atoms with Crippen molar-refractivity contribution < 1.29 is 4.42 Å². The molecule has 0 aliphatic rings. The van der Waals surface area contributed by atoms with Gasteiger partial charge in [-0.15, -0.1) is 0 Å². The maximum absolute atomic E-state index is 6.06. The van der Waals surface area contributed by atoms with Crippen molar-refractivity contribution in [2.24, 2.45) is 0 Å². The first-order chi connectivity index (χ1) is 10.3. The van der Waals surface area contributed by atoms with E-state index in [1.54, 1.807) is 0 Å². The maximum atomic E-state index is 6.06. The molecule has 0 amide bonds. The summed E-state index contributed by atoms with van der Waals surface area (Å²) in [6.07, 6.45) is 2.32. The molecule has 1 atom stereocenters. The highest BCUT2D eigenvalue weighted by Gasteiger charge is 2.18. The van der Waals surface area contributed by atoms with E-state index in [1.165, 1.54) is 11.8 Å². The minimum atomic E-state index is 0.267. The molecule has 0 saturated carbocycles. The number of hydrogen-bond donors (Lipinski definition) is 1. The quantitative estimate of drug-likeness (QED) is 0.749. The Balaban J connectivity index is 2.17. The summed E-state index contributed by atoms with van der Waals surface area (Å²) in [7, 11) is 0. The molecular formula is C18H28N2O. The van der Waals surface area contributed by atoms with E-state index in [-0.39, 0.29) is 6.04 Å². The third-order valence-electron chi connectivity index (χ3n) is 3.86. The number of hydrogen-bond acceptors (Lipinski definition) is 3. The highest BCUT2D eigenvalue weighted by molar-refractivity contribution is 5.77. The minimum Gasteiger partial charge on any atom is -0.459 e. The van der Waals surface area contributed by atoms with Crippen LogP contribution >= 0.6 is 0 Å². The average Bonchev–Trinajstić information content (AvgIpc) is 2.94. The van der Waals surface area contributed by atoms with Gasteiger partial charge in [0.05, 0.1) is 6.04 Å². The van der Waals surface area contributed by atoms with Gasteiger partial charge in [0.15, 0.2) is 0 Å². The highest BCUT2D eigenvalue weighted by atomic mass is 16.3. The third-order valence-corrected chi connectivity index (χ3v) is 3.86. The van der Waals surface area contributed by atoms with Crippen molar-refractivity contribution >= 4 is 11.0 Å². The fourth-order valence-corrected chi connectivity index (χ4v) is 2.70. The first-order valence-corrected chi connectivity index (χ1v) is 8.22. The van der Waals surface area contributed by atoms with Gasteiger partial charge in [-0.25, -0.2) is 0 Å². The van der Waals surface area contributed by atoms with E-state index in [9.17, 15) is 0 Å². The van der Waals surface area contributed by atoms with E-state index >= 15 is 0 Å². The van der Waals surface area contributed by atoms with E-state index in [2.05, 4.69) is 49.2 Å². The van der Waals surface area contributed by atoms with Gasteiger partial charge in [-0.2, -0.15) is 0 Å². The van der Waals surface area contributed by atoms with Crippen molar-refractivity contribution in [1.29, 1.82) is 0 Å². The second-order valence-electron chi connectivity index (χ2n) is 5.59. The second kappa shape index (κ2) is 8.20. The van der Waals surface area contributed by atoms with Crippen LogP contribution in [0.25, 0.3) is 11.0 Å². The Morgan fingerprint density at radius 3 is 2.62 bits per heavy atom. The van der Waals surface area contributed by atoms with Gasteiger partial charge in [-0.3, -0.25) is 0 Å². The van der Waals surface area contributed by atoms with Gasteiger partial charge in [0.1, 0.15) is 11.3 Å². The summed E-state index contributed by atoms with van der Waals surface area (Å²) in [6.45, 7) is 10.9. The van der Waals surface area contributed by atoms with E-state index in [4.69, 9.17) is 4.42 Å². The molecule has 1 N–H and O–H groups in total.